The van der Waals surface area contributed by atoms with Gasteiger partial charge in [-0.2, -0.15) is 19.1 Å². The number of hydrogen-bond acceptors (Lipinski definition) is 6. The molecule has 0 saturated heterocycles. The number of alkyl halides is 2. The van der Waals surface area contributed by atoms with E-state index in [4.69, 9.17) is 26.3 Å². The van der Waals surface area contributed by atoms with Crippen LogP contribution in [0.25, 0.3) is 11.3 Å². The van der Waals surface area contributed by atoms with Gasteiger partial charge in [-0.3, -0.25) is 0 Å². The fourth-order valence-corrected chi connectivity index (χ4v) is 2.45. The van der Waals surface area contributed by atoms with E-state index in [0.717, 1.165) is 16.8 Å². The summed E-state index contributed by atoms with van der Waals surface area (Å²) in [4.78, 5) is 11.4. The smallest absolute Gasteiger partial charge is 0.388 e. The molecule has 0 saturated carbocycles. The van der Waals surface area contributed by atoms with Crippen molar-refractivity contribution in [1.29, 1.82) is 5.26 Å². The van der Waals surface area contributed by atoms with E-state index in [1.165, 1.54) is 7.05 Å². The van der Waals surface area contributed by atoms with E-state index in [9.17, 15) is 18.0 Å². The molecule has 0 N–H and O–H groups in total. The summed E-state index contributed by atoms with van der Waals surface area (Å²) in [7, 11) is 1.28. The van der Waals surface area contributed by atoms with Gasteiger partial charge in [0.2, 0.25) is 5.88 Å². The fourth-order valence-electron chi connectivity index (χ4n) is 2.15. The third kappa shape index (κ3) is 4.62. The van der Waals surface area contributed by atoms with Gasteiger partial charge in [0.1, 0.15) is 28.4 Å². The first-order valence-corrected chi connectivity index (χ1v) is 7.86. The van der Waals surface area contributed by atoms with Crippen molar-refractivity contribution in [2.24, 2.45) is 7.05 Å². The summed E-state index contributed by atoms with van der Waals surface area (Å²) >= 11 is 5.99. The summed E-state index contributed by atoms with van der Waals surface area (Å²) in [6.07, 6.45) is 0. The number of carbonyl (C=O) groups is 1. The van der Waals surface area contributed by atoms with Crippen LogP contribution in [-0.4, -0.2) is 35.6 Å². The van der Waals surface area contributed by atoms with Crippen molar-refractivity contribution >= 4 is 17.6 Å². The lowest BCUT2D eigenvalue weighted by molar-refractivity contribution is -0.145. The van der Waals surface area contributed by atoms with Crippen LogP contribution in [0.15, 0.2) is 12.1 Å². The summed E-state index contributed by atoms with van der Waals surface area (Å²) in [6.45, 7) is -1.92. The van der Waals surface area contributed by atoms with E-state index in [1.54, 1.807) is 13.0 Å². The van der Waals surface area contributed by atoms with E-state index >= 15 is 0 Å². The zero-order valence-electron chi connectivity index (χ0n) is 14.1. The normalized spacial score (nSPS) is 10.6. The van der Waals surface area contributed by atoms with Gasteiger partial charge >= 0.3 is 12.6 Å². The second kappa shape index (κ2) is 8.64. The first-order chi connectivity index (χ1) is 12.8. The number of halogens is 4. The molecule has 1 aromatic heterocycles. The number of benzene rings is 1. The quantitative estimate of drug-likeness (QED) is 0.659. The Balaban J connectivity index is 2.45. The molecule has 7 nitrogen and oxygen atoms in total. The highest BCUT2D eigenvalue weighted by Gasteiger charge is 2.24. The predicted octanol–water partition coefficient (Wildman–Crippen LogP) is 3.29. The average Bonchev–Trinajstić information content (AvgIpc) is 2.88. The Bertz CT molecular complexity index is 896. The molecule has 0 amide bonds. The highest BCUT2D eigenvalue weighted by Crippen LogP contribution is 2.38. The molecule has 144 valence electrons. The van der Waals surface area contributed by atoms with Crippen LogP contribution in [0.2, 0.25) is 5.02 Å². The van der Waals surface area contributed by atoms with E-state index in [1.807, 2.05) is 0 Å². The zero-order valence-corrected chi connectivity index (χ0v) is 14.9. The first-order valence-electron chi connectivity index (χ1n) is 7.48. The van der Waals surface area contributed by atoms with Gasteiger partial charge in [-0.15, -0.1) is 0 Å². The van der Waals surface area contributed by atoms with Crippen LogP contribution < -0.4 is 9.47 Å². The van der Waals surface area contributed by atoms with E-state index < -0.39 is 30.9 Å². The molecular formula is C16H13ClF3N3O4. The summed E-state index contributed by atoms with van der Waals surface area (Å²) in [6, 6.07) is 3.67. The molecule has 1 aromatic carbocycles. The van der Waals surface area contributed by atoms with Crippen LogP contribution in [0.1, 0.15) is 12.5 Å². The molecule has 0 fully saturated rings. The van der Waals surface area contributed by atoms with Gasteiger partial charge in [0, 0.05) is 12.6 Å². The standard InChI is InChI=1S/C16H13ClF3N3O4/c1-3-25-12(24)7-26-11-5-9(10(18)4-8(11)6-21)14-13(17)15(23(2)22-14)27-16(19)20/h4-5,16H,3,7H2,1-2H3. The summed E-state index contributed by atoms with van der Waals surface area (Å²) in [5.74, 6) is -2.16. The number of rotatable bonds is 7. The third-order valence-corrected chi connectivity index (χ3v) is 3.58. The molecule has 0 bridgehead atoms. The van der Waals surface area contributed by atoms with Gasteiger partial charge < -0.3 is 14.2 Å². The SMILES string of the molecule is CCOC(=O)COc1cc(-c2nn(C)c(OC(F)F)c2Cl)c(F)cc1C#N. The fraction of sp³-hybridized carbons (Fsp3) is 0.312. The third-order valence-electron chi connectivity index (χ3n) is 3.24. The van der Waals surface area contributed by atoms with Crippen molar-refractivity contribution in [3.05, 3.63) is 28.5 Å². The molecule has 2 aromatic rings. The maximum Gasteiger partial charge on any atom is 0.388 e. The Morgan fingerprint density at radius 3 is 2.74 bits per heavy atom. The second-order valence-electron chi connectivity index (χ2n) is 5.00. The average molecular weight is 404 g/mol. The van der Waals surface area contributed by atoms with Crippen LogP contribution in [-0.2, 0) is 16.6 Å². The van der Waals surface area contributed by atoms with E-state index in [0.29, 0.717) is 0 Å². The van der Waals surface area contributed by atoms with Crippen molar-refractivity contribution in [2.45, 2.75) is 13.5 Å². The molecule has 0 atom stereocenters. The summed E-state index contributed by atoms with van der Waals surface area (Å²) in [5.41, 5.74) is -0.605. The van der Waals surface area contributed by atoms with Gasteiger partial charge in [0.15, 0.2) is 6.61 Å². The number of aryl methyl sites for hydroxylation is 1. The molecule has 0 aliphatic rings. The van der Waals surface area contributed by atoms with Crippen molar-refractivity contribution in [3.8, 4) is 29.0 Å². The lowest BCUT2D eigenvalue weighted by atomic mass is 10.1. The number of nitriles is 1. The number of esters is 1. The topological polar surface area (TPSA) is 86.4 Å². The molecule has 0 spiro atoms. The van der Waals surface area contributed by atoms with Crippen molar-refractivity contribution in [3.63, 3.8) is 0 Å². The van der Waals surface area contributed by atoms with Gasteiger partial charge in [-0.05, 0) is 19.1 Å². The number of hydrogen-bond donors (Lipinski definition) is 0. The van der Waals surface area contributed by atoms with E-state index in [2.05, 4.69) is 9.84 Å². The minimum atomic E-state index is -3.15. The summed E-state index contributed by atoms with van der Waals surface area (Å²) in [5, 5.41) is 12.6. The molecule has 27 heavy (non-hydrogen) atoms. The summed E-state index contributed by atoms with van der Waals surface area (Å²) < 4.78 is 54.5. The molecule has 1 heterocycles. The van der Waals surface area contributed by atoms with Gasteiger partial charge in [0.25, 0.3) is 0 Å². The van der Waals surface area contributed by atoms with Crippen molar-refractivity contribution in [2.75, 3.05) is 13.2 Å². The van der Waals surface area contributed by atoms with Crippen molar-refractivity contribution in [1.82, 2.24) is 9.78 Å². The molecule has 0 aliphatic carbocycles. The molecular weight excluding hydrogens is 391 g/mol. The van der Waals surface area contributed by atoms with Crippen LogP contribution in [0.3, 0.4) is 0 Å². The molecule has 0 unspecified atom stereocenters. The lowest BCUT2D eigenvalue weighted by Crippen LogP contribution is -2.15. The number of aromatic nitrogens is 2. The number of ether oxygens (including phenoxy) is 3. The first kappa shape index (κ1) is 20.4. The zero-order chi connectivity index (χ0) is 20.1. The molecule has 0 radical (unpaired) electrons. The number of nitrogens with zero attached hydrogens (tertiary/aromatic N) is 3. The van der Waals surface area contributed by atoms with Gasteiger partial charge in [-0.1, -0.05) is 11.6 Å². The van der Waals surface area contributed by atoms with E-state index in [-0.39, 0.29) is 34.2 Å². The minimum Gasteiger partial charge on any atom is -0.480 e. The number of carbonyl (C=O) groups excluding carboxylic acids is 1. The highest BCUT2D eigenvalue weighted by atomic mass is 35.5. The molecule has 2 rings (SSSR count). The Labute approximate surface area is 156 Å². The maximum absolute atomic E-state index is 14.4. The molecule has 0 aliphatic heterocycles. The van der Waals surface area contributed by atoms with Gasteiger partial charge in [0.05, 0.1) is 12.2 Å². The Morgan fingerprint density at radius 2 is 2.15 bits per heavy atom. The van der Waals surface area contributed by atoms with Crippen LogP contribution in [0.5, 0.6) is 11.6 Å². The highest BCUT2D eigenvalue weighted by molar-refractivity contribution is 6.34. The van der Waals surface area contributed by atoms with Crippen LogP contribution >= 0.6 is 11.6 Å². The van der Waals surface area contributed by atoms with Gasteiger partial charge in [-0.25, -0.2) is 13.9 Å². The van der Waals surface area contributed by atoms with Crippen LogP contribution in [0.4, 0.5) is 13.2 Å². The maximum atomic E-state index is 14.4. The van der Waals surface area contributed by atoms with Crippen molar-refractivity contribution < 1.29 is 32.2 Å². The lowest BCUT2D eigenvalue weighted by Gasteiger charge is -2.10. The van der Waals surface area contributed by atoms with Crippen LogP contribution in [0, 0.1) is 17.1 Å². The monoisotopic (exact) mass is 403 g/mol. The predicted molar refractivity (Wildman–Crippen MR) is 87.1 cm³/mol. The Kier molecular flexibility index (Phi) is 6.52. The second-order valence-corrected chi connectivity index (χ2v) is 5.38. The largest absolute Gasteiger partial charge is 0.480 e. The molecule has 11 heteroatoms. The Hall–Kier alpha value is -2.93. The Morgan fingerprint density at radius 1 is 1.44 bits per heavy atom. The minimum absolute atomic E-state index is 0.125.